The first-order valence-electron chi connectivity index (χ1n) is 10.7. The van der Waals surface area contributed by atoms with Crippen molar-refractivity contribution in [3.63, 3.8) is 0 Å². The number of anilines is 3. The minimum Gasteiger partial charge on any atom is -0.380 e. The molecule has 2 aliphatic heterocycles. The van der Waals surface area contributed by atoms with E-state index in [0.717, 1.165) is 0 Å². The predicted octanol–water partition coefficient (Wildman–Crippen LogP) is 3.10. The Morgan fingerprint density at radius 2 is 1.94 bits per heavy atom. The topological polar surface area (TPSA) is 100 Å². The molecule has 2 atom stereocenters. The highest BCUT2D eigenvalue weighted by atomic mass is 35.5. The van der Waals surface area contributed by atoms with Crippen LogP contribution in [0.15, 0.2) is 42.5 Å². The quantitative estimate of drug-likeness (QED) is 0.671. The number of nitrogens with one attached hydrogen (secondary N) is 2. The second-order valence-electron chi connectivity index (χ2n) is 7.95. The van der Waals surface area contributed by atoms with Gasteiger partial charge >= 0.3 is 6.03 Å². The van der Waals surface area contributed by atoms with Gasteiger partial charge in [0.25, 0.3) is 5.91 Å². The van der Waals surface area contributed by atoms with Crippen molar-refractivity contribution in [2.24, 2.45) is 0 Å². The number of methoxy groups -OCH3 is 1. The highest BCUT2D eigenvalue weighted by Crippen LogP contribution is 2.26. The standard InChI is InChI=1S/C23H24ClFN4O5/c1-33-17-11-20(29(12-17)23(32)26-15-4-2-14(24)3-5-15)22(31)27-19-7-6-16(10-18(19)25)28-8-9-34-13-21(28)30/h2-7,10,17,20H,8-9,11-13H2,1H3,(H,26,32)(H,27,31)/t17-,20-/m1/s1. The number of hydrogen-bond donors (Lipinski definition) is 2. The highest BCUT2D eigenvalue weighted by Gasteiger charge is 2.40. The fourth-order valence-electron chi connectivity index (χ4n) is 3.95. The van der Waals surface area contributed by atoms with E-state index in [1.807, 2.05) is 0 Å². The summed E-state index contributed by atoms with van der Waals surface area (Å²) < 4.78 is 25.2. The van der Waals surface area contributed by atoms with E-state index in [1.165, 1.54) is 29.0 Å². The van der Waals surface area contributed by atoms with Crippen LogP contribution in [0.4, 0.5) is 26.2 Å². The third-order valence-electron chi connectivity index (χ3n) is 5.76. The molecule has 2 N–H and O–H groups in total. The van der Waals surface area contributed by atoms with Gasteiger partial charge in [-0.1, -0.05) is 11.6 Å². The Morgan fingerprint density at radius 1 is 1.18 bits per heavy atom. The molecule has 0 bridgehead atoms. The second-order valence-corrected chi connectivity index (χ2v) is 8.39. The Balaban J connectivity index is 1.46. The van der Waals surface area contributed by atoms with Gasteiger partial charge in [0.05, 0.1) is 18.4 Å². The molecule has 2 aromatic carbocycles. The average molecular weight is 491 g/mol. The Morgan fingerprint density at radius 3 is 2.62 bits per heavy atom. The van der Waals surface area contributed by atoms with Crippen molar-refractivity contribution in [1.82, 2.24) is 4.90 Å². The fourth-order valence-corrected chi connectivity index (χ4v) is 4.08. The van der Waals surface area contributed by atoms with Crippen LogP contribution < -0.4 is 15.5 Å². The summed E-state index contributed by atoms with van der Waals surface area (Å²) in [6.45, 7) is 0.829. The zero-order chi connectivity index (χ0) is 24.2. The van der Waals surface area contributed by atoms with E-state index in [4.69, 9.17) is 21.1 Å². The lowest BCUT2D eigenvalue weighted by Crippen LogP contribution is -2.45. The van der Waals surface area contributed by atoms with Crippen molar-refractivity contribution >= 4 is 46.5 Å². The summed E-state index contributed by atoms with van der Waals surface area (Å²) in [7, 11) is 1.51. The molecule has 0 saturated carbocycles. The molecular weight excluding hydrogens is 467 g/mol. The third-order valence-corrected chi connectivity index (χ3v) is 6.02. The van der Waals surface area contributed by atoms with Crippen LogP contribution in [0.1, 0.15) is 6.42 Å². The number of halogens is 2. The number of benzene rings is 2. The van der Waals surface area contributed by atoms with E-state index in [1.54, 1.807) is 30.3 Å². The normalized spacial score (nSPS) is 20.4. The molecule has 2 aromatic rings. The monoisotopic (exact) mass is 490 g/mol. The summed E-state index contributed by atoms with van der Waals surface area (Å²) in [5.74, 6) is -1.50. The van der Waals surface area contributed by atoms with Gasteiger partial charge in [0.15, 0.2) is 0 Å². The van der Waals surface area contributed by atoms with Gasteiger partial charge in [0.1, 0.15) is 18.5 Å². The van der Waals surface area contributed by atoms with Gasteiger partial charge in [-0.15, -0.1) is 0 Å². The van der Waals surface area contributed by atoms with Crippen molar-refractivity contribution < 1.29 is 28.2 Å². The van der Waals surface area contributed by atoms with Crippen molar-refractivity contribution in [2.45, 2.75) is 18.6 Å². The summed E-state index contributed by atoms with van der Waals surface area (Å²) in [5.41, 5.74) is 0.857. The van der Waals surface area contributed by atoms with Gasteiger partial charge in [-0.05, 0) is 42.5 Å². The molecule has 9 nitrogen and oxygen atoms in total. The van der Waals surface area contributed by atoms with Crippen LogP contribution in [0.25, 0.3) is 0 Å². The van der Waals surface area contributed by atoms with Crippen molar-refractivity contribution in [3.05, 3.63) is 53.3 Å². The van der Waals surface area contributed by atoms with Crippen LogP contribution in [0.3, 0.4) is 0 Å². The third kappa shape index (κ3) is 5.30. The molecule has 0 radical (unpaired) electrons. The SMILES string of the molecule is CO[C@@H]1C[C@H](C(=O)Nc2ccc(N3CCOCC3=O)cc2F)N(C(=O)Nc2ccc(Cl)cc2)C1. The summed E-state index contributed by atoms with van der Waals surface area (Å²) >= 11 is 5.88. The Bertz CT molecular complexity index is 1080. The van der Waals surface area contributed by atoms with E-state index >= 15 is 0 Å². The number of likely N-dealkylation sites (tertiary alicyclic amines) is 1. The lowest BCUT2D eigenvalue weighted by molar-refractivity contribution is -0.125. The minimum absolute atomic E-state index is 0.0478. The number of hydrogen-bond acceptors (Lipinski definition) is 5. The maximum atomic E-state index is 14.8. The Kier molecular flexibility index (Phi) is 7.30. The van der Waals surface area contributed by atoms with Gasteiger partial charge in [-0.2, -0.15) is 0 Å². The molecule has 2 heterocycles. The number of rotatable bonds is 5. The molecule has 0 spiro atoms. The maximum absolute atomic E-state index is 14.8. The van der Waals surface area contributed by atoms with Gasteiger partial charge in [0, 0.05) is 43.0 Å². The first-order chi connectivity index (χ1) is 16.4. The van der Waals surface area contributed by atoms with Crippen LogP contribution in [0.2, 0.25) is 5.02 Å². The van der Waals surface area contributed by atoms with Crippen molar-refractivity contribution in [2.75, 3.05) is 48.9 Å². The first-order valence-corrected chi connectivity index (χ1v) is 11.1. The van der Waals surface area contributed by atoms with Crippen LogP contribution in [0.5, 0.6) is 0 Å². The molecule has 180 valence electrons. The smallest absolute Gasteiger partial charge is 0.322 e. The second kappa shape index (κ2) is 10.4. The molecule has 0 aromatic heterocycles. The van der Waals surface area contributed by atoms with Crippen LogP contribution in [-0.4, -0.2) is 68.3 Å². The van der Waals surface area contributed by atoms with Gasteiger partial charge < -0.3 is 29.9 Å². The molecule has 2 saturated heterocycles. The number of carbonyl (C=O) groups excluding carboxylic acids is 3. The molecule has 0 unspecified atom stereocenters. The summed E-state index contributed by atoms with van der Waals surface area (Å²) in [5, 5.41) is 5.82. The molecule has 34 heavy (non-hydrogen) atoms. The lowest BCUT2D eigenvalue weighted by atomic mass is 10.1. The molecule has 4 amide bonds. The number of morpholine rings is 1. The first kappa shape index (κ1) is 23.9. The number of nitrogens with zero attached hydrogens (tertiary/aromatic N) is 2. The van der Waals surface area contributed by atoms with Crippen molar-refractivity contribution in [3.8, 4) is 0 Å². The maximum Gasteiger partial charge on any atom is 0.322 e. The minimum atomic E-state index is -0.864. The highest BCUT2D eigenvalue weighted by molar-refractivity contribution is 6.30. The molecule has 2 aliphatic rings. The predicted molar refractivity (Wildman–Crippen MR) is 125 cm³/mol. The average Bonchev–Trinajstić information content (AvgIpc) is 3.27. The number of urea groups is 1. The zero-order valence-electron chi connectivity index (χ0n) is 18.4. The molecule has 11 heteroatoms. The molecule has 0 aliphatic carbocycles. The Hall–Kier alpha value is -3.21. The van der Waals surface area contributed by atoms with Gasteiger partial charge in [-0.3, -0.25) is 9.59 Å². The van der Waals surface area contributed by atoms with Crippen LogP contribution in [0, 0.1) is 5.82 Å². The van der Waals surface area contributed by atoms with E-state index in [-0.39, 0.29) is 37.3 Å². The number of carbonyl (C=O) groups is 3. The van der Waals surface area contributed by atoms with Crippen molar-refractivity contribution in [1.29, 1.82) is 0 Å². The van der Waals surface area contributed by atoms with E-state index in [9.17, 15) is 18.8 Å². The molecule has 2 fully saturated rings. The zero-order valence-corrected chi connectivity index (χ0v) is 19.2. The van der Waals surface area contributed by atoms with E-state index in [2.05, 4.69) is 10.6 Å². The van der Waals surface area contributed by atoms with E-state index < -0.39 is 23.8 Å². The summed E-state index contributed by atoms with van der Waals surface area (Å²) in [6, 6.07) is 9.37. The molecule has 4 rings (SSSR count). The van der Waals surface area contributed by atoms with Crippen LogP contribution in [-0.2, 0) is 19.1 Å². The summed E-state index contributed by atoms with van der Waals surface area (Å²) in [4.78, 5) is 40.7. The lowest BCUT2D eigenvalue weighted by Gasteiger charge is -2.27. The number of amides is 4. The fraction of sp³-hybridized carbons (Fsp3) is 0.348. The van der Waals surface area contributed by atoms with Gasteiger partial charge in [0.2, 0.25) is 5.91 Å². The molecular formula is C23H24ClFN4O5. The number of ether oxygens (including phenoxy) is 2. The largest absolute Gasteiger partial charge is 0.380 e. The Labute approximate surface area is 200 Å². The van der Waals surface area contributed by atoms with Gasteiger partial charge in [-0.25, -0.2) is 9.18 Å². The summed E-state index contributed by atoms with van der Waals surface area (Å²) in [6.07, 6.45) is -0.0792. The van der Waals surface area contributed by atoms with Crippen LogP contribution >= 0.6 is 11.6 Å². The van der Waals surface area contributed by atoms with E-state index in [0.29, 0.717) is 29.5 Å².